The molecule has 3 amide bonds. The van der Waals surface area contributed by atoms with Crippen LogP contribution in [0.1, 0.15) is 64.4 Å². The molecule has 1 aliphatic heterocycles. The zero-order valence-corrected chi connectivity index (χ0v) is 19.3. The first-order valence-electron chi connectivity index (χ1n) is 11.8. The lowest BCUT2D eigenvalue weighted by Gasteiger charge is -2.49. The molecule has 2 saturated carbocycles. The first kappa shape index (κ1) is 22.1. The molecule has 3 aliphatic rings. The summed E-state index contributed by atoms with van der Waals surface area (Å²) >= 11 is 0. The Morgan fingerprint density at radius 2 is 1.81 bits per heavy atom. The molecule has 2 aliphatic carbocycles. The monoisotopic (exact) mass is 426 g/mol. The average molecular weight is 427 g/mol. The first-order valence-corrected chi connectivity index (χ1v) is 11.8. The second-order valence-electron chi connectivity index (χ2n) is 10.7. The molecule has 3 fully saturated rings. The molecule has 1 spiro atoms. The van der Waals surface area contributed by atoms with Crippen LogP contribution >= 0.6 is 0 Å². The summed E-state index contributed by atoms with van der Waals surface area (Å²) in [5, 5.41) is 3.62. The average Bonchev–Trinajstić information content (AvgIpc) is 2.96. The smallest absolute Gasteiger partial charge is 0.320 e. The number of hydrogen-bond acceptors (Lipinski definition) is 3. The predicted octanol–water partition coefficient (Wildman–Crippen LogP) is 3.46. The Bertz CT molecular complexity index is 810. The van der Waals surface area contributed by atoms with Crippen LogP contribution in [0.25, 0.3) is 0 Å². The number of carbonyl (C=O) groups excluding carboxylic acids is 2. The van der Waals surface area contributed by atoms with Crippen LogP contribution in [0.15, 0.2) is 30.3 Å². The van der Waals surface area contributed by atoms with Crippen molar-refractivity contribution < 1.29 is 9.59 Å². The van der Waals surface area contributed by atoms with Crippen molar-refractivity contribution in [2.24, 2.45) is 17.1 Å². The highest BCUT2D eigenvalue weighted by molar-refractivity contribution is 5.83. The number of hydrogen-bond donors (Lipinski definition) is 2. The number of benzene rings is 1. The summed E-state index contributed by atoms with van der Waals surface area (Å²) in [6, 6.07) is 10.8. The topological polar surface area (TPSA) is 78.7 Å². The van der Waals surface area contributed by atoms with E-state index >= 15 is 0 Å². The molecule has 6 heteroatoms. The van der Waals surface area contributed by atoms with Gasteiger partial charge in [-0.05, 0) is 70.9 Å². The summed E-state index contributed by atoms with van der Waals surface area (Å²) in [6.07, 6.45) is 7.64. The number of rotatable bonds is 7. The van der Waals surface area contributed by atoms with Crippen molar-refractivity contribution in [1.29, 1.82) is 0 Å². The summed E-state index contributed by atoms with van der Waals surface area (Å²) in [5.41, 5.74) is 6.04. The van der Waals surface area contributed by atoms with Gasteiger partial charge in [-0.2, -0.15) is 0 Å². The van der Waals surface area contributed by atoms with Gasteiger partial charge in [0.25, 0.3) is 0 Å². The van der Waals surface area contributed by atoms with Gasteiger partial charge in [-0.1, -0.05) is 36.8 Å². The molecule has 3 N–H and O–H groups in total. The normalized spacial score (nSPS) is 29.5. The lowest BCUT2D eigenvalue weighted by Crippen LogP contribution is -2.56. The first-order chi connectivity index (χ1) is 14.7. The molecular weight excluding hydrogens is 388 g/mol. The van der Waals surface area contributed by atoms with Crippen molar-refractivity contribution in [2.45, 2.75) is 69.9 Å². The molecule has 1 aromatic rings. The molecule has 170 valence electrons. The Morgan fingerprint density at radius 3 is 2.32 bits per heavy atom. The molecular formula is C25H38N4O2. The third-order valence-electron chi connectivity index (χ3n) is 8.32. The van der Waals surface area contributed by atoms with E-state index in [1.54, 1.807) is 0 Å². The highest BCUT2D eigenvalue weighted by Gasteiger charge is 2.54. The van der Waals surface area contributed by atoms with E-state index in [4.69, 9.17) is 5.73 Å². The van der Waals surface area contributed by atoms with Crippen LogP contribution in [-0.2, 0) is 10.3 Å². The third-order valence-corrected chi connectivity index (χ3v) is 8.32. The minimum atomic E-state index is -0.725. The molecule has 1 heterocycles. The predicted molar refractivity (Wildman–Crippen MR) is 122 cm³/mol. The number of nitrogens with two attached hydrogens (primary N) is 1. The van der Waals surface area contributed by atoms with Crippen LogP contribution < -0.4 is 11.1 Å². The third kappa shape index (κ3) is 3.95. The number of amides is 3. The molecule has 0 atom stereocenters. The minimum absolute atomic E-state index is 0.0440. The molecule has 1 aromatic carbocycles. The Balaban J connectivity index is 1.57. The van der Waals surface area contributed by atoms with Gasteiger partial charge in [0, 0.05) is 25.2 Å². The molecule has 0 unspecified atom stereocenters. The van der Waals surface area contributed by atoms with Gasteiger partial charge in [0.05, 0.1) is 11.0 Å². The molecule has 1 saturated heterocycles. The maximum Gasteiger partial charge on any atom is 0.320 e. The highest BCUT2D eigenvalue weighted by Crippen LogP contribution is 2.48. The Kier molecular flexibility index (Phi) is 5.80. The minimum Gasteiger partial charge on any atom is -0.369 e. The SMILES string of the molecule is CN[C@]1(c2ccccc2)CC[C@@]2(CC1)CN(CC(C)(C)C(N)=O)C(=O)N2CC1CCC1. The number of carbonyl (C=O) groups is 2. The summed E-state index contributed by atoms with van der Waals surface area (Å²) in [6.45, 7) is 5.62. The fraction of sp³-hybridized carbons (Fsp3) is 0.680. The Morgan fingerprint density at radius 1 is 1.16 bits per heavy atom. The van der Waals surface area contributed by atoms with E-state index in [0.717, 1.165) is 32.2 Å². The standard InChI is InChI=1S/C25H38N4O2/c1-23(2,21(26)30)17-28-18-24(29(22(28)31)16-19-8-7-9-19)12-14-25(27-3,15-13-24)20-10-5-4-6-11-20/h4-6,10-11,19,27H,7-9,12-18H2,1-3H3,(H2,26,30)/t24-,25-. The summed E-state index contributed by atoms with van der Waals surface area (Å²) in [7, 11) is 2.05. The fourth-order valence-electron chi connectivity index (χ4n) is 5.78. The van der Waals surface area contributed by atoms with Gasteiger partial charge in [-0.3, -0.25) is 4.79 Å². The molecule has 0 bridgehead atoms. The van der Waals surface area contributed by atoms with E-state index in [2.05, 4.69) is 47.6 Å². The van der Waals surface area contributed by atoms with Crippen molar-refractivity contribution in [3.05, 3.63) is 35.9 Å². The van der Waals surface area contributed by atoms with Crippen molar-refractivity contribution in [3.63, 3.8) is 0 Å². The summed E-state index contributed by atoms with van der Waals surface area (Å²) in [5.74, 6) is 0.267. The van der Waals surface area contributed by atoms with E-state index in [1.807, 2.05) is 18.7 Å². The number of nitrogens with one attached hydrogen (secondary N) is 1. The van der Waals surface area contributed by atoms with E-state index in [-0.39, 0.29) is 23.0 Å². The molecule has 0 aromatic heterocycles. The van der Waals surface area contributed by atoms with E-state index in [0.29, 0.717) is 19.0 Å². The van der Waals surface area contributed by atoms with Crippen molar-refractivity contribution in [3.8, 4) is 0 Å². The van der Waals surface area contributed by atoms with Crippen LogP contribution in [-0.4, -0.2) is 54.0 Å². The van der Waals surface area contributed by atoms with Crippen LogP contribution in [0.3, 0.4) is 0 Å². The van der Waals surface area contributed by atoms with E-state index in [1.165, 1.54) is 24.8 Å². The maximum absolute atomic E-state index is 13.5. The van der Waals surface area contributed by atoms with Gasteiger partial charge in [-0.15, -0.1) is 0 Å². The number of primary amides is 1. The van der Waals surface area contributed by atoms with Crippen molar-refractivity contribution >= 4 is 11.9 Å². The maximum atomic E-state index is 13.5. The zero-order valence-electron chi connectivity index (χ0n) is 19.3. The highest BCUT2D eigenvalue weighted by atomic mass is 16.2. The number of nitrogens with zero attached hydrogens (tertiary/aromatic N) is 2. The summed E-state index contributed by atoms with van der Waals surface area (Å²) in [4.78, 5) is 29.6. The van der Waals surface area contributed by atoms with Crippen LogP contribution in [0.4, 0.5) is 4.79 Å². The molecule has 31 heavy (non-hydrogen) atoms. The van der Waals surface area contributed by atoms with Crippen LogP contribution in [0, 0.1) is 11.3 Å². The molecule has 4 rings (SSSR count). The Hall–Kier alpha value is -2.08. The summed E-state index contributed by atoms with van der Waals surface area (Å²) < 4.78 is 0. The van der Waals surface area contributed by atoms with Gasteiger partial charge in [-0.25, -0.2) is 4.79 Å². The fourth-order valence-corrected chi connectivity index (χ4v) is 5.78. The number of urea groups is 1. The quantitative estimate of drug-likeness (QED) is 0.701. The second kappa shape index (κ2) is 8.12. The molecule has 6 nitrogen and oxygen atoms in total. The van der Waals surface area contributed by atoms with Crippen molar-refractivity contribution in [2.75, 3.05) is 26.7 Å². The lowest BCUT2D eigenvalue weighted by molar-refractivity contribution is -0.126. The van der Waals surface area contributed by atoms with Gasteiger partial charge < -0.3 is 20.9 Å². The van der Waals surface area contributed by atoms with E-state index < -0.39 is 5.41 Å². The Labute approximate surface area is 186 Å². The second-order valence-corrected chi connectivity index (χ2v) is 10.7. The van der Waals surface area contributed by atoms with E-state index in [9.17, 15) is 9.59 Å². The van der Waals surface area contributed by atoms with Crippen molar-refractivity contribution in [1.82, 2.24) is 15.1 Å². The van der Waals surface area contributed by atoms with Crippen LogP contribution in [0.5, 0.6) is 0 Å². The van der Waals surface area contributed by atoms with Crippen LogP contribution in [0.2, 0.25) is 0 Å². The molecule has 0 radical (unpaired) electrons. The van der Waals surface area contributed by atoms with Gasteiger partial charge in [0.2, 0.25) is 5.91 Å². The van der Waals surface area contributed by atoms with Gasteiger partial charge >= 0.3 is 6.03 Å². The largest absolute Gasteiger partial charge is 0.369 e. The van der Waals surface area contributed by atoms with Gasteiger partial charge in [0.15, 0.2) is 0 Å². The van der Waals surface area contributed by atoms with Gasteiger partial charge in [0.1, 0.15) is 0 Å². The lowest BCUT2D eigenvalue weighted by atomic mass is 9.68. The zero-order chi connectivity index (χ0) is 22.3.